The Labute approximate surface area is 86.5 Å². The molecule has 76 valence electrons. The Bertz CT molecular complexity index is 301. The summed E-state index contributed by atoms with van der Waals surface area (Å²) in [4.78, 5) is 0. The quantitative estimate of drug-likeness (QED) is 0.716. The van der Waals surface area contributed by atoms with E-state index in [-0.39, 0.29) is 5.41 Å². The van der Waals surface area contributed by atoms with Crippen LogP contribution in [0.15, 0.2) is 24.3 Å². The molecule has 0 aromatic heterocycles. The van der Waals surface area contributed by atoms with Gasteiger partial charge in [0.1, 0.15) is 0 Å². The van der Waals surface area contributed by atoms with Crippen LogP contribution in [0.25, 0.3) is 0 Å². The van der Waals surface area contributed by atoms with Crippen LogP contribution < -0.4 is 5.32 Å². The predicted molar refractivity (Wildman–Crippen MR) is 60.5 cm³/mol. The maximum Gasteiger partial charge on any atom is 0.0332 e. The first kappa shape index (κ1) is 9.72. The van der Waals surface area contributed by atoms with E-state index in [9.17, 15) is 0 Å². The monoisotopic (exact) mass is 189 g/mol. The van der Waals surface area contributed by atoms with Gasteiger partial charge in [-0.25, -0.2) is 0 Å². The summed E-state index contributed by atoms with van der Waals surface area (Å²) in [5.74, 6) is 0. The molecule has 0 saturated carbocycles. The van der Waals surface area contributed by atoms with Gasteiger partial charge >= 0.3 is 0 Å². The standard InChI is InChI=1S/C13H19N/c1-13(2,3)11-6-4-10(5-7-11)12-8-9-14-12/h4-7,12,14H,8-9H2,1-3H3/t12-/m0/s1. The van der Waals surface area contributed by atoms with Crippen molar-refractivity contribution in [2.45, 2.75) is 38.6 Å². The molecule has 0 radical (unpaired) electrons. The zero-order valence-corrected chi connectivity index (χ0v) is 9.30. The van der Waals surface area contributed by atoms with E-state index in [0.717, 1.165) is 0 Å². The molecule has 2 rings (SSSR count). The highest BCUT2D eigenvalue weighted by atomic mass is 15.0. The lowest BCUT2D eigenvalue weighted by Gasteiger charge is -2.28. The third-order valence-electron chi connectivity index (χ3n) is 3.00. The molecule has 1 saturated heterocycles. The summed E-state index contributed by atoms with van der Waals surface area (Å²) >= 11 is 0. The van der Waals surface area contributed by atoms with Gasteiger partial charge in [-0.05, 0) is 29.5 Å². The minimum Gasteiger partial charge on any atom is -0.310 e. The van der Waals surface area contributed by atoms with E-state index in [4.69, 9.17) is 0 Å². The van der Waals surface area contributed by atoms with Crippen molar-refractivity contribution in [1.29, 1.82) is 0 Å². The van der Waals surface area contributed by atoms with Crippen molar-refractivity contribution >= 4 is 0 Å². The summed E-state index contributed by atoms with van der Waals surface area (Å²) in [6.45, 7) is 7.93. The van der Waals surface area contributed by atoms with Gasteiger partial charge in [-0.1, -0.05) is 45.0 Å². The first-order chi connectivity index (χ1) is 6.57. The van der Waals surface area contributed by atoms with Crippen LogP contribution in [0, 0.1) is 0 Å². The van der Waals surface area contributed by atoms with Crippen LogP contribution in [-0.4, -0.2) is 6.54 Å². The number of nitrogens with one attached hydrogen (secondary N) is 1. The summed E-state index contributed by atoms with van der Waals surface area (Å²) in [5.41, 5.74) is 3.12. The summed E-state index contributed by atoms with van der Waals surface area (Å²) in [5, 5.41) is 3.42. The molecule has 0 amide bonds. The molecule has 0 unspecified atom stereocenters. The van der Waals surface area contributed by atoms with Crippen LogP contribution in [-0.2, 0) is 5.41 Å². The molecule has 1 N–H and O–H groups in total. The van der Waals surface area contributed by atoms with Crippen molar-refractivity contribution in [2.75, 3.05) is 6.54 Å². The Kier molecular flexibility index (Phi) is 2.36. The van der Waals surface area contributed by atoms with E-state index in [1.807, 2.05) is 0 Å². The molecule has 14 heavy (non-hydrogen) atoms. The zero-order valence-electron chi connectivity index (χ0n) is 9.30. The van der Waals surface area contributed by atoms with E-state index in [1.54, 1.807) is 0 Å². The minimum atomic E-state index is 0.269. The molecular formula is C13H19N. The highest BCUT2D eigenvalue weighted by Gasteiger charge is 2.19. The Balaban J connectivity index is 2.17. The topological polar surface area (TPSA) is 12.0 Å². The molecule has 0 aliphatic carbocycles. The minimum absolute atomic E-state index is 0.269. The third-order valence-corrected chi connectivity index (χ3v) is 3.00. The van der Waals surface area contributed by atoms with Gasteiger partial charge in [0.2, 0.25) is 0 Å². The molecule has 1 aliphatic heterocycles. The number of hydrogen-bond acceptors (Lipinski definition) is 1. The zero-order chi connectivity index (χ0) is 10.2. The van der Waals surface area contributed by atoms with Crippen LogP contribution in [0.4, 0.5) is 0 Å². The maximum atomic E-state index is 3.42. The highest BCUT2D eigenvalue weighted by molar-refractivity contribution is 5.29. The Morgan fingerprint density at radius 2 is 1.71 bits per heavy atom. The van der Waals surface area contributed by atoms with Gasteiger partial charge in [-0.15, -0.1) is 0 Å². The second-order valence-corrected chi connectivity index (χ2v) is 5.17. The number of hydrogen-bond donors (Lipinski definition) is 1. The highest BCUT2D eigenvalue weighted by Crippen LogP contribution is 2.26. The Hall–Kier alpha value is -0.820. The lowest BCUT2D eigenvalue weighted by atomic mass is 9.85. The van der Waals surface area contributed by atoms with E-state index >= 15 is 0 Å². The smallest absolute Gasteiger partial charge is 0.0332 e. The van der Waals surface area contributed by atoms with Gasteiger partial charge in [0, 0.05) is 6.04 Å². The van der Waals surface area contributed by atoms with Crippen molar-refractivity contribution in [2.24, 2.45) is 0 Å². The van der Waals surface area contributed by atoms with Crippen LogP contribution in [0.1, 0.15) is 44.4 Å². The molecule has 0 spiro atoms. The van der Waals surface area contributed by atoms with Crippen LogP contribution >= 0.6 is 0 Å². The molecule has 1 fully saturated rings. The molecule has 1 aliphatic rings. The van der Waals surface area contributed by atoms with Crippen molar-refractivity contribution in [3.63, 3.8) is 0 Å². The molecule has 1 aromatic carbocycles. The molecule has 1 heterocycles. The van der Waals surface area contributed by atoms with E-state index in [1.165, 1.54) is 24.1 Å². The molecule has 1 heteroatoms. The van der Waals surface area contributed by atoms with Crippen molar-refractivity contribution in [1.82, 2.24) is 5.32 Å². The average Bonchev–Trinajstić information content (AvgIpc) is 2.00. The van der Waals surface area contributed by atoms with Crippen molar-refractivity contribution < 1.29 is 0 Å². The molecule has 1 nitrogen and oxygen atoms in total. The third kappa shape index (κ3) is 1.83. The number of rotatable bonds is 1. The SMILES string of the molecule is CC(C)(C)c1ccc([C@@H]2CCN2)cc1. The Morgan fingerprint density at radius 3 is 2.07 bits per heavy atom. The second kappa shape index (κ2) is 3.39. The van der Waals surface area contributed by atoms with Gasteiger partial charge in [0.25, 0.3) is 0 Å². The fraction of sp³-hybridized carbons (Fsp3) is 0.538. The van der Waals surface area contributed by atoms with Crippen molar-refractivity contribution in [3.05, 3.63) is 35.4 Å². The lowest BCUT2D eigenvalue weighted by Crippen LogP contribution is -2.34. The lowest BCUT2D eigenvalue weighted by molar-refractivity contribution is 0.383. The van der Waals surface area contributed by atoms with Crippen LogP contribution in [0.2, 0.25) is 0 Å². The first-order valence-corrected chi connectivity index (χ1v) is 5.41. The van der Waals surface area contributed by atoms with Gasteiger partial charge in [-0.3, -0.25) is 0 Å². The summed E-state index contributed by atoms with van der Waals surface area (Å²) in [6.07, 6.45) is 1.29. The average molecular weight is 189 g/mol. The van der Waals surface area contributed by atoms with Crippen LogP contribution in [0.5, 0.6) is 0 Å². The van der Waals surface area contributed by atoms with Gasteiger partial charge in [0.05, 0.1) is 0 Å². The normalized spacial score (nSPS) is 21.8. The maximum absolute atomic E-state index is 3.42. The van der Waals surface area contributed by atoms with E-state index < -0.39 is 0 Å². The van der Waals surface area contributed by atoms with Crippen LogP contribution in [0.3, 0.4) is 0 Å². The largest absolute Gasteiger partial charge is 0.310 e. The van der Waals surface area contributed by atoms with Gasteiger partial charge in [-0.2, -0.15) is 0 Å². The summed E-state index contributed by atoms with van der Waals surface area (Å²) in [6, 6.07) is 9.66. The fourth-order valence-electron chi connectivity index (χ4n) is 1.79. The predicted octanol–water partition coefficient (Wildman–Crippen LogP) is 3.02. The summed E-state index contributed by atoms with van der Waals surface area (Å²) in [7, 11) is 0. The second-order valence-electron chi connectivity index (χ2n) is 5.17. The van der Waals surface area contributed by atoms with E-state index in [2.05, 4.69) is 50.4 Å². The fourth-order valence-corrected chi connectivity index (χ4v) is 1.79. The molecular weight excluding hydrogens is 170 g/mol. The van der Waals surface area contributed by atoms with E-state index in [0.29, 0.717) is 6.04 Å². The first-order valence-electron chi connectivity index (χ1n) is 5.41. The summed E-state index contributed by atoms with van der Waals surface area (Å²) < 4.78 is 0. The number of benzene rings is 1. The molecule has 0 bridgehead atoms. The molecule has 1 atom stereocenters. The van der Waals surface area contributed by atoms with Gasteiger partial charge in [0.15, 0.2) is 0 Å². The molecule has 1 aromatic rings. The Morgan fingerprint density at radius 1 is 1.14 bits per heavy atom. The van der Waals surface area contributed by atoms with Gasteiger partial charge < -0.3 is 5.32 Å². The van der Waals surface area contributed by atoms with Crippen molar-refractivity contribution in [3.8, 4) is 0 Å².